The SMILES string of the molecule is CCCNc1cccc(NC2CCC(SC)C2)n1. The Morgan fingerprint density at radius 3 is 2.89 bits per heavy atom. The summed E-state index contributed by atoms with van der Waals surface area (Å²) in [6, 6.07) is 6.74. The van der Waals surface area contributed by atoms with Gasteiger partial charge in [-0.3, -0.25) is 0 Å². The zero-order valence-corrected chi connectivity index (χ0v) is 12.1. The van der Waals surface area contributed by atoms with Gasteiger partial charge in [0.1, 0.15) is 11.6 Å². The Hall–Kier alpha value is -0.900. The van der Waals surface area contributed by atoms with E-state index >= 15 is 0 Å². The van der Waals surface area contributed by atoms with Crippen LogP contribution in [0.4, 0.5) is 11.6 Å². The Kier molecular flexibility index (Phi) is 5.17. The first-order chi connectivity index (χ1) is 8.81. The number of thioether (sulfide) groups is 1. The van der Waals surface area contributed by atoms with Crippen LogP contribution in [0, 0.1) is 0 Å². The van der Waals surface area contributed by atoms with Crippen LogP contribution in [0.5, 0.6) is 0 Å². The molecule has 2 rings (SSSR count). The van der Waals surface area contributed by atoms with Gasteiger partial charge in [-0.25, -0.2) is 4.98 Å². The van der Waals surface area contributed by atoms with E-state index in [1.807, 2.05) is 17.8 Å². The van der Waals surface area contributed by atoms with Gasteiger partial charge < -0.3 is 10.6 Å². The van der Waals surface area contributed by atoms with Crippen molar-refractivity contribution in [3.8, 4) is 0 Å². The van der Waals surface area contributed by atoms with Gasteiger partial charge in [-0.1, -0.05) is 13.0 Å². The summed E-state index contributed by atoms with van der Waals surface area (Å²) in [5.41, 5.74) is 0. The molecule has 2 unspecified atom stereocenters. The van der Waals surface area contributed by atoms with Crippen LogP contribution in [-0.2, 0) is 0 Å². The van der Waals surface area contributed by atoms with Crippen molar-refractivity contribution >= 4 is 23.4 Å². The summed E-state index contributed by atoms with van der Waals surface area (Å²) >= 11 is 1.99. The summed E-state index contributed by atoms with van der Waals surface area (Å²) in [5.74, 6) is 1.98. The summed E-state index contributed by atoms with van der Waals surface area (Å²) in [4.78, 5) is 4.60. The molecular weight excluding hydrogens is 242 g/mol. The van der Waals surface area contributed by atoms with Crippen molar-refractivity contribution in [2.45, 2.75) is 43.9 Å². The third kappa shape index (κ3) is 3.80. The molecule has 3 nitrogen and oxygen atoms in total. The maximum absolute atomic E-state index is 4.60. The zero-order valence-electron chi connectivity index (χ0n) is 11.3. The lowest BCUT2D eigenvalue weighted by molar-refractivity contribution is 0.752. The molecule has 2 atom stereocenters. The van der Waals surface area contributed by atoms with Crippen molar-refractivity contribution in [2.24, 2.45) is 0 Å². The summed E-state index contributed by atoms with van der Waals surface area (Å²) in [6.07, 6.45) is 7.18. The van der Waals surface area contributed by atoms with Crippen molar-refractivity contribution in [3.63, 3.8) is 0 Å². The number of hydrogen-bond acceptors (Lipinski definition) is 4. The van der Waals surface area contributed by atoms with Crippen LogP contribution in [0.2, 0.25) is 0 Å². The number of nitrogens with one attached hydrogen (secondary N) is 2. The van der Waals surface area contributed by atoms with E-state index in [1.54, 1.807) is 0 Å². The molecule has 1 aliphatic carbocycles. The Morgan fingerprint density at radius 1 is 1.33 bits per heavy atom. The number of anilines is 2. The van der Waals surface area contributed by atoms with Crippen molar-refractivity contribution in [2.75, 3.05) is 23.4 Å². The molecule has 0 spiro atoms. The standard InChI is InChI=1S/C14H23N3S/c1-3-9-15-13-5-4-6-14(17-13)16-11-7-8-12(10-11)18-2/h4-6,11-12H,3,7-10H2,1-2H3,(H2,15,16,17). The predicted molar refractivity (Wildman–Crippen MR) is 81.6 cm³/mol. The molecule has 2 N–H and O–H groups in total. The average Bonchev–Trinajstić information content (AvgIpc) is 2.84. The summed E-state index contributed by atoms with van der Waals surface area (Å²) in [6.45, 7) is 3.14. The minimum atomic E-state index is 0.594. The van der Waals surface area contributed by atoms with Gasteiger partial charge in [-0.2, -0.15) is 11.8 Å². The number of rotatable bonds is 6. The molecule has 4 heteroatoms. The molecule has 0 radical (unpaired) electrons. The van der Waals surface area contributed by atoms with Crippen molar-refractivity contribution in [3.05, 3.63) is 18.2 Å². The number of hydrogen-bond donors (Lipinski definition) is 2. The Balaban J connectivity index is 1.89. The molecule has 0 amide bonds. The van der Waals surface area contributed by atoms with Gasteiger partial charge in [-0.05, 0) is 44.1 Å². The second-order valence-electron chi connectivity index (χ2n) is 4.85. The largest absolute Gasteiger partial charge is 0.370 e. The predicted octanol–water partition coefficient (Wildman–Crippen LogP) is 3.60. The molecular formula is C14H23N3S. The molecule has 1 heterocycles. The van der Waals surface area contributed by atoms with Gasteiger partial charge >= 0.3 is 0 Å². The molecule has 0 saturated heterocycles. The quantitative estimate of drug-likeness (QED) is 0.824. The van der Waals surface area contributed by atoms with E-state index in [1.165, 1.54) is 19.3 Å². The highest BCUT2D eigenvalue weighted by Gasteiger charge is 2.23. The highest BCUT2D eigenvalue weighted by molar-refractivity contribution is 7.99. The maximum atomic E-state index is 4.60. The number of pyridine rings is 1. The summed E-state index contributed by atoms with van der Waals surface area (Å²) in [5, 5.41) is 7.70. The lowest BCUT2D eigenvalue weighted by Crippen LogP contribution is -2.17. The molecule has 1 saturated carbocycles. The third-order valence-corrected chi connectivity index (χ3v) is 4.47. The first-order valence-corrected chi connectivity index (χ1v) is 8.11. The molecule has 1 aromatic heterocycles. The van der Waals surface area contributed by atoms with E-state index < -0.39 is 0 Å². The molecule has 1 aromatic rings. The topological polar surface area (TPSA) is 37.0 Å². The van der Waals surface area contributed by atoms with E-state index in [4.69, 9.17) is 0 Å². The van der Waals surface area contributed by atoms with Gasteiger partial charge in [-0.15, -0.1) is 0 Å². The van der Waals surface area contributed by atoms with E-state index in [0.29, 0.717) is 6.04 Å². The van der Waals surface area contributed by atoms with Gasteiger partial charge in [0.2, 0.25) is 0 Å². The Labute approximate surface area is 114 Å². The number of nitrogens with zero attached hydrogens (tertiary/aromatic N) is 1. The molecule has 1 fully saturated rings. The van der Waals surface area contributed by atoms with E-state index in [2.05, 4.69) is 40.9 Å². The van der Waals surface area contributed by atoms with Crippen LogP contribution in [0.15, 0.2) is 18.2 Å². The summed E-state index contributed by atoms with van der Waals surface area (Å²) < 4.78 is 0. The maximum Gasteiger partial charge on any atom is 0.128 e. The fraction of sp³-hybridized carbons (Fsp3) is 0.643. The van der Waals surface area contributed by atoms with Gasteiger partial charge in [0.25, 0.3) is 0 Å². The zero-order chi connectivity index (χ0) is 12.8. The Bertz CT molecular complexity index is 370. The lowest BCUT2D eigenvalue weighted by atomic mass is 10.2. The minimum Gasteiger partial charge on any atom is -0.370 e. The molecule has 0 aromatic carbocycles. The van der Waals surface area contributed by atoms with E-state index in [9.17, 15) is 0 Å². The van der Waals surface area contributed by atoms with Crippen LogP contribution < -0.4 is 10.6 Å². The first kappa shape index (κ1) is 13.5. The average molecular weight is 265 g/mol. The van der Waals surface area contributed by atoms with Crippen LogP contribution in [0.1, 0.15) is 32.6 Å². The second-order valence-corrected chi connectivity index (χ2v) is 5.98. The van der Waals surface area contributed by atoms with E-state index in [-0.39, 0.29) is 0 Å². The normalized spacial score (nSPS) is 23.0. The van der Waals surface area contributed by atoms with Crippen LogP contribution in [0.3, 0.4) is 0 Å². The fourth-order valence-corrected chi connectivity index (χ4v) is 3.16. The van der Waals surface area contributed by atoms with Crippen molar-refractivity contribution in [1.82, 2.24) is 4.98 Å². The van der Waals surface area contributed by atoms with Crippen molar-refractivity contribution < 1.29 is 0 Å². The number of aromatic nitrogens is 1. The molecule has 100 valence electrons. The Morgan fingerprint density at radius 2 is 2.17 bits per heavy atom. The van der Waals surface area contributed by atoms with Crippen LogP contribution in [-0.4, -0.2) is 29.1 Å². The second kappa shape index (κ2) is 6.88. The summed E-state index contributed by atoms with van der Waals surface area (Å²) in [7, 11) is 0. The fourth-order valence-electron chi connectivity index (χ4n) is 2.36. The molecule has 1 aliphatic rings. The highest BCUT2D eigenvalue weighted by atomic mass is 32.2. The lowest BCUT2D eigenvalue weighted by Gasteiger charge is -2.14. The van der Waals surface area contributed by atoms with Crippen LogP contribution >= 0.6 is 11.8 Å². The smallest absolute Gasteiger partial charge is 0.128 e. The molecule has 0 bridgehead atoms. The van der Waals surface area contributed by atoms with Crippen LogP contribution in [0.25, 0.3) is 0 Å². The molecule has 0 aliphatic heterocycles. The minimum absolute atomic E-state index is 0.594. The monoisotopic (exact) mass is 265 g/mol. The highest BCUT2D eigenvalue weighted by Crippen LogP contribution is 2.30. The van der Waals surface area contributed by atoms with Crippen molar-refractivity contribution in [1.29, 1.82) is 0 Å². The van der Waals surface area contributed by atoms with Gasteiger partial charge in [0.05, 0.1) is 0 Å². The van der Waals surface area contributed by atoms with Gasteiger partial charge in [0.15, 0.2) is 0 Å². The van der Waals surface area contributed by atoms with E-state index in [0.717, 1.165) is 29.9 Å². The molecule has 18 heavy (non-hydrogen) atoms. The van der Waals surface area contributed by atoms with Gasteiger partial charge in [0, 0.05) is 17.8 Å². The third-order valence-electron chi connectivity index (χ3n) is 3.38. The first-order valence-electron chi connectivity index (χ1n) is 6.82.